The molecule has 0 bridgehead atoms. The standard InChI is InChI=1S/C16H21NO3/c1-20-14-9-13(16(14)6-3-7-16)17-10-11-4-2-5-12(8-11)15(18)19/h2,4-5,8,13-14,17H,3,6-7,9-10H2,1H3,(H,18,19). The van der Waals surface area contributed by atoms with E-state index in [0.29, 0.717) is 23.1 Å². The summed E-state index contributed by atoms with van der Waals surface area (Å²) in [5.41, 5.74) is 1.73. The molecule has 1 spiro atoms. The molecule has 108 valence electrons. The number of carboxylic acids is 1. The lowest BCUT2D eigenvalue weighted by Gasteiger charge is -2.61. The number of rotatable bonds is 5. The van der Waals surface area contributed by atoms with Crippen LogP contribution in [0.1, 0.15) is 41.6 Å². The molecule has 0 aromatic heterocycles. The lowest BCUT2D eigenvalue weighted by molar-refractivity contribution is -0.161. The van der Waals surface area contributed by atoms with Gasteiger partial charge in [0.25, 0.3) is 0 Å². The van der Waals surface area contributed by atoms with Crippen LogP contribution in [0.25, 0.3) is 0 Å². The van der Waals surface area contributed by atoms with Gasteiger partial charge in [0.1, 0.15) is 0 Å². The molecule has 4 heteroatoms. The molecule has 2 aliphatic rings. The molecule has 1 aromatic rings. The van der Waals surface area contributed by atoms with Gasteiger partial charge >= 0.3 is 5.97 Å². The Hall–Kier alpha value is -1.39. The van der Waals surface area contributed by atoms with Crippen LogP contribution in [-0.2, 0) is 11.3 Å². The first kappa shape index (κ1) is 13.6. The Bertz CT molecular complexity index is 510. The first-order valence-corrected chi connectivity index (χ1v) is 7.24. The molecule has 2 saturated carbocycles. The molecule has 3 rings (SSSR count). The van der Waals surface area contributed by atoms with Gasteiger partial charge in [0.05, 0.1) is 11.7 Å². The minimum atomic E-state index is -0.870. The first-order valence-electron chi connectivity index (χ1n) is 7.24. The molecule has 0 heterocycles. The summed E-state index contributed by atoms with van der Waals surface area (Å²) >= 11 is 0. The van der Waals surface area contributed by atoms with Crippen molar-refractivity contribution >= 4 is 5.97 Å². The Morgan fingerprint density at radius 2 is 2.30 bits per heavy atom. The summed E-state index contributed by atoms with van der Waals surface area (Å²) in [4.78, 5) is 11.0. The van der Waals surface area contributed by atoms with Crippen molar-refractivity contribution < 1.29 is 14.6 Å². The highest BCUT2D eigenvalue weighted by molar-refractivity contribution is 5.87. The van der Waals surface area contributed by atoms with E-state index in [1.807, 2.05) is 6.07 Å². The summed E-state index contributed by atoms with van der Waals surface area (Å²) in [6, 6.07) is 7.66. The summed E-state index contributed by atoms with van der Waals surface area (Å²) in [6.45, 7) is 0.726. The van der Waals surface area contributed by atoms with Crippen LogP contribution in [0.5, 0.6) is 0 Å². The van der Waals surface area contributed by atoms with Crippen LogP contribution in [0.15, 0.2) is 24.3 Å². The summed E-state index contributed by atoms with van der Waals surface area (Å²) < 4.78 is 5.56. The largest absolute Gasteiger partial charge is 0.478 e. The number of nitrogens with one attached hydrogen (secondary N) is 1. The van der Waals surface area contributed by atoms with Crippen LogP contribution in [-0.4, -0.2) is 30.3 Å². The Morgan fingerprint density at radius 3 is 2.90 bits per heavy atom. The predicted molar refractivity (Wildman–Crippen MR) is 75.7 cm³/mol. The van der Waals surface area contributed by atoms with Crippen LogP contribution >= 0.6 is 0 Å². The van der Waals surface area contributed by atoms with E-state index < -0.39 is 5.97 Å². The van der Waals surface area contributed by atoms with Crippen molar-refractivity contribution in [2.45, 2.75) is 44.4 Å². The van der Waals surface area contributed by atoms with E-state index in [0.717, 1.165) is 18.5 Å². The van der Waals surface area contributed by atoms with Crippen LogP contribution < -0.4 is 5.32 Å². The highest BCUT2D eigenvalue weighted by Gasteiger charge is 2.58. The van der Waals surface area contributed by atoms with Crippen molar-refractivity contribution in [2.24, 2.45) is 5.41 Å². The van der Waals surface area contributed by atoms with Gasteiger partial charge in [0.2, 0.25) is 0 Å². The monoisotopic (exact) mass is 275 g/mol. The van der Waals surface area contributed by atoms with Crippen molar-refractivity contribution in [3.63, 3.8) is 0 Å². The summed E-state index contributed by atoms with van der Waals surface area (Å²) in [5, 5.41) is 12.6. The smallest absolute Gasteiger partial charge is 0.335 e. The summed E-state index contributed by atoms with van der Waals surface area (Å²) in [6.07, 6.45) is 5.26. The number of aromatic carboxylic acids is 1. The van der Waals surface area contributed by atoms with Gasteiger partial charge < -0.3 is 15.2 Å². The van der Waals surface area contributed by atoms with Crippen LogP contribution in [0.2, 0.25) is 0 Å². The third-order valence-electron chi connectivity index (χ3n) is 5.08. The maximum atomic E-state index is 11.0. The second kappa shape index (κ2) is 5.19. The quantitative estimate of drug-likeness (QED) is 0.866. The van der Waals surface area contributed by atoms with Gasteiger partial charge in [0, 0.05) is 25.1 Å². The second-order valence-electron chi connectivity index (χ2n) is 5.99. The van der Waals surface area contributed by atoms with Crippen molar-refractivity contribution in [2.75, 3.05) is 7.11 Å². The SMILES string of the molecule is COC1CC(NCc2cccc(C(=O)O)c2)C12CCC2. The van der Waals surface area contributed by atoms with E-state index in [2.05, 4.69) is 5.32 Å². The molecule has 2 N–H and O–H groups in total. The summed E-state index contributed by atoms with van der Waals surface area (Å²) in [5.74, 6) is -0.870. The zero-order valence-electron chi connectivity index (χ0n) is 11.8. The zero-order valence-corrected chi connectivity index (χ0v) is 11.8. The average molecular weight is 275 g/mol. The molecular formula is C16H21NO3. The van der Waals surface area contributed by atoms with Crippen molar-refractivity contribution in [1.82, 2.24) is 5.32 Å². The normalized spacial score (nSPS) is 26.9. The number of methoxy groups -OCH3 is 1. The minimum absolute atomic E-state index is 0.346. The molecule has 2 aliphatic carbocycles. The molecule has 2 fully saturated rings. The number of ether oxygens (including phenoxy) is 1. The van der Waals surface area contributed by atoms with Crippen LogP contribution in [0, 0.1) is 5.41 Å². The molecule has 0 aliphatic heterocycles. The molecular weight excluding hydrogens is 254 g/mol. The Kier molecular flexibility index (Phi) is 3.52. The molecule has 2 atom stereocenters. The third kappa shape index (κ3) is 2.13. The van der Waals surface area contributed by atoms with E-state index in [9.17, 15) is 4.79 Å². The van der Waals surface area contributed by atoms with Crippen molar-refractivity contribution in [3.05, 3.63) is 35.4 Å². The lowest BCUT2D eigenvalue weighted by Crippen LogP contribution is -2.66. The lowest BCUT2D eigenvalue weighted by atomic mass is 9.51. The van der Waals surface area contributed by atoms with Gasteiger partial charge in [-0.05, 0) is 37.0 Å². The number of hydrogen-bond acceptors (Lipinski definition) is 3. The average Bonchev–Trinajstić information content (AvgIpc) is 2.36. The fourth-order valence-electron chi connectivity index (χ4n) is 3.68. The Balaban J connectivity index is 1.60. The van der Waals surface area contributed by atoms with E-state index >= 15 is 0 Å². The van der Waals surface area contributed by atoms with Crippen molar-refractivity contribution in [1.29, 1.82) is 0 Å². The number of benzene rings is 1. The van der Waals surface area contributed by atoms with E-state index in [-0.39, 0.29) is 0 Å². The van der Waals surface area contributed by atoms with Gasteiger partial charge in [-0.1, -0.05) is 18.6 Å². The van der Waals surface area contributed by atoms with E-state index in [1.54, 1.807) is 25.3 Å². The van der Waals surface area contributed by atoms with Gasteiger partial charge in [-0.15, -0.1) is 0 Å². The van der Waals surface area contributed by atoms with Gasteiger partial charge in [-0.3, -0.25) is 0 Å². The number of hydrogen-bond donors (Lipinski definition) is 2. The topological polar surface area (TPSA) is 58.6 Å². The van der Waals surface area contributed by atoms with Gasteiger partial charge in [-0.2, -0.15) is 0 Å². The number of carboxylic acid groups (broad SMARTS) is 1. The minimum Gasteiger partial charge on any atom is -0.478 e. The fraction of sp³-hybridized carbons (Fsp3) is 0.562. The Morgan fingerprint density at radius 1 is 1.50 bits per heavy atom. The van der Waals surface area contributed by atoms with Crippen LogP contribution in [0.3, 0.4) is 0 Å². The molecule has 0 amide bonds. The summed E-state index contributed by atoms with van der Waals surface area (Å²) in [7, 11) is 1.80. The Labute approximate surface area is 119 Å². The maximum Gasteiger partial charge on any atom is 0.335 e. The first-order chi connectivity index (χ1) is 9.65. The van der Waals surface area contributed by atoms with Gasteiger partial charge in [-0.25, -0.2) is 4.79 Å². The highest BCUT2D eigenvalue weighted by atomic mass is 16.5. The van der Waals surface area contributed by atoms with Crippen LogP contribution in [0.4, 0.5) is 0 Å². The molecule has 20 heavy (non-hydrogen) atoms. The van der Waals surface area contributed by atoms with E-state index in [4.69, 9.17) is 9.84 Å². The van der Waals surface area contributed by atoms with E-state index in [1.165, 1.54) is 19.3 Å². The number of carbonyl (C=O) groups is 1. The fourth-order valence-corrected chi connectivity index (χ4v) is 3.68. The predicted octanol–water partition coefficient (Wildman–Crippen LogP) is 2.43. The zero-order chi connectivity index (χ0) is 14.2. The maximum absolute atomic E-state index is 11.0. The molecule has 0 saturated heterocycles. The highest BCUT2D eigenvalue weighted by Crippen LogP contribution is 2.57. The molecule has 4 nitrogen and oxygen atoms in total. The third-order valence-corrected chi connectivity index (χ3v) is 5.08. The molecule has 2 unspecified atom stereocenters. The van der Waals surface area contributed by atoms with Gasteiger partial charge in [0.15, 0.2) is 0 Å². The second-order valence-corrected chi connectivity index (χ2v) is 5.99. The van der Waals surface area contributed by atoms with Crippen molar-refractivity contribution in [3.8, 4) is 0 Å². The molecule has 1 aromatic carbocycles. The molecule has 0 radical (unpaired) electrons.